The Kier molecular flexibility index (Phi) is 4.67. The van der Waals surface area contributed by atoms with E-state index in [0.29, 0.717) is 12.1 Å². The normalized spacial score (nSPS) is 12.2. The first-order chi connectivity index (χ1) is 12.0. The standard InChI is InChI=1S/C18H21N5O2/c1-11-15-9-13(10-20-17(15)23(2)22-11)21-18(24)16(19)8-12-5-4-6-14(7-12)25-3/h4-7,9-10,16H,8,19H2,1-3H3,(H,21,24). The topological polar surface area (TPSA) is 95.1 Å². The van der Waals surface area contributed by atoms with Gasteiger partial charge >= 0.3 is 0 Å². The van der Waals surface area contributed by atoms with Gasteiger partial charge in [-0.25, -0.2) is 4.98 Å². The SMILES string of the molecule is COc1cccc(CC(N)C(=O)Nc2cnc3c(c2)c(C)nn3C)c1. The van der Waals surface area contributed by atoms with E-state index in [0.717, 1.165) is 28.0 Å². The number of fused-ring (bicyclic) bond motifs is 1. The third kappa shape index (κ3) is 3.61. The van der Waals surface area contributed by atoms with Gasteiger partial charge in [0.15, 0.2) is 5.65 Å². The van der Waals surface area contributed by atoms with Crippen LogP contribution in [0.25, 0.3) is 11.0 Å². The Bertz CT molecular complexity index is 919. The number of nitrogens with one attached hydrogen (secondary N) is 1. The predicted molar refractivity (Wildman–Crippen MR) is 96.5 cm³/mol. The number of pyridine rings is 1. The molecule has 1 amide bonds. The molecule has 0 spiro atoms. The number of hydrogen-bond acceptors (Lipinski definition) is 5. The zero-order chi connectivity index (χ0) is 18.0. The largest absolute Gasteiger partial charge is 0.497 e. The molecule has 1 aromatic carbocycles. The van der Waals surface area contributed by atoms with Crippen LogP contribution in [0, 0.1) is 6.92 Å². The summed E-state index contributed by atoms with van der Waals surface area (Å²) < 4.78 is 6.90. The number of anilines is 1. The van der Waals surface area contributed by atoms with Gasteiger partial charge in [0.1, 0.15) is 5.75 Å². The Morgan fingerprint density at radius 2 is 2.20 bits per heavy atom. The molecule has 130 valence electrons. The summed E-state index contributed by atoms with van der Waals surface area (Å²) in [5.41, 5.74) is 9.23. The van der Waals surface area contributed by atoms with Crippen LogP contribution in [-0.2, 0) is 18.3 Å². The molecular weight excluding hydrogens is 318 g/mol. The summed E-state index contributed by atoms with van der Waals surface area (Å²) in [7, 11) is 3.44. The van der Waals surface area contributed by atoms with E-state index in [1.54, 1.807) is 18.0 Å². The number of nitrogens with zero attached hydrogens (tertiary/aromatic N) is 3. The van der Waals surface area contributed by atoms with E-state index in [2.05, 4.69) is 15.4 Å². The van der Waals surface area contributed by atoms with Crippen LogP contribution >= 0.6 is 0 Å². The summed E-state index contributed by atoms with van der Waals surface area (Å²) in [5, 5.41) is 8.05. The second-order valence-electron chi connectivity index (χ2n) is 5.96. The van der Waals surface area contributed by atoms with Crippen LogP contribution in [0.3, 0.4) is 0 Å². The van der Waals surface area contributed by atoms with Crippen molar-refractivity contribution >= 4 is 22.6 Å². The Morgan fingerprint density at radius 3 is 2.96 bits per heavy atom. The van der Waals surface area contributed by atoms with E-state index in [9.17, 15) is 4.79 Å². The van der Waals surface area contributed by atoms with Crippen LogP contribution in [0.5, 0.6) is 5.75 Å². The number of amides is 1. The van der Waals surface area contributed by atoms with Gasteiger partial charge in [-0.15, -0.1) is 0 Å². The van der Waals surface area contributed by atoms with Gasteiger partial charge in [0.25, 0.3) is 0 Å². The molecule has 25 heavy (non-hydrogen) atoms. The minimum absolute atomic E-state index is 0.259. The van der Waals surface area contributed by atoms with Crippen LogP contribution < -0.4 is 15.8 Å². The maximum absolute atomic E-state index is 12.4. The molecule has 7 nitrogen and oxygen atoms in total. The average Bonchev–Trinajstić information content (AvgIpc) is 2.89. The number of aryl methyl sites for hydroxylation is 2. The highest BCUT2D eigenvalue weighted by molar-refractivity contribution is 5.96. The van der Waals surface area contributed by atoms with Crippen molar-refractivity contribution in [2.45, 2.75) is 19.4 Å². The average molecular weight is 339 g/mol. The molecule has 0 bridgehead atoms. The summed E-state index contributed by atoms with van der Waals surface area (Å²) in [4.78, 5) is 16.7. The third-order valence-corrected chi connectivity index (χ3v) is 4.06. The van der Waals surface area contributed by atoms with E-state index in [1.165, 1.54) is 0 Å². The van der Waals surface area contributed by atoms with Gasteiger partial charge in [-0.05, 0) is 37.1 Å². The van der Waals surface area contributed by atoms with Crippen molar-refractivity contribution in [2.24, 2.45) is 12.8 Å². The second kappa shape index (κ2) is 6.90. The van der Waals surface area contributed by atoms with Crippen molar-refractivity contribution in [1.29, 1.82) is 0 Å². The number of nitrogens with two attached hydrogens (primary N) is 1. The zero-order valence-corrected chi connectivity index (χ0v) is 14.5. The Labute approximate surface area is 145 Å². The summed E-state index contributed by atoms with van der Waals surface area (Å²) in [6.45, 7) is 1.91. The quantitative estimate of drug-likeness (QED) is 0.739. The van der Waals surface area contributed by atoms with Crippen LogP contribution in [0.15, 0.2) is 36.5 Å². The molecular formula is C18H21N5O2. The summed E-state index contributed by atoms with van der Waals surface area (Å²) in [6, 6.07) is 8.72. The van der Waals surface area contributed by atoms with E-state index < -0.39 is 6.04 Å². The highest BCUT2D eigenvalue weighted by Gasteiger charge is 2.16. The fourth-order valence-electron chi connectivity index (χ4n) is 2.76. The molecule has 0 aliphatic carbocycles. The Hall–Kier alpha value is -2.93. The number of methoxy groups -OCH3 is 1. The fraction of sp³-hybridized carbons (Fsp3) is 0.278. The van der Waals surface area contributed by atoms with Crippen molar-refractivity contribution in [3.63, 3.8) is 0 Å². The molecule has 1 atom stereocenters. The molecule has 3 N–H and O–H groups in total. The lowest BCUT2D eigenvalue weighted by Gasteiger charge is -2.13. The lowest BCUT2D eigenvalue weighted by molar-refractivity contribution is -0.117. The van der Waals surface area contributed by atoms with E-state index in [-0.39, 0.29) is 5.91 Å². The third-order valence-electron chi connectivity index (χ3n) is 4.06. The van der Waals surface area contributed by atoms with Crippen LogP contribution in [-0.4, -0.2) is 33.8 Å². The number of carbonyl (C=O) groups excluding carboxylic acids is 1. The molecule has 1 unspecified atom stereocenters. The van der Waals surface area contributed by atoms with E-state index in [1.807, 2.05) is 44.3 Å². The molecule has 3 rings (SSSR count). The van der Waals surface area contributed by atoms with Gasteiger partial charge in [0.05, 0.1) is 30.7 Å². The first kappa shape index (κ1) is 16.9. The zero-order valence-electron chi connectivity index (χ0n) is 14.5. The number of ether oxygens (including phenoxy) is 1. The summed E-state index contributed by atoms with van der Waals surface area (Å²) in [6.07, 6.45) is 2.03. The molecule has 0 aliphatic rings. The number of rotatable bonds is 5. The summed E-state index contributed by atoms with van der Waals surface area (Å²) >= 11 is 0. The van der Waals surface area contributed by atoms with E-state index in [4.69, 9.17) is 10.5 Å². The van der Waals surface area contributed by atoms with Crippen LogP contribution in [0.4, 0.5) is 5.69 Å². The molecule has 0 saturated heterocycles. The minimum Gasteiger partial charge on any atom is -0.497 e. The predicted octanol–water partition coefficient (Wildman–Crippen LogP) is 1.79. The van der Waals surface area contributed by atoms with Gasteiger partial charge in [-0.1, -0.05) is 12.1 Å². The van der Waals surface area contributed by atoms with Gasteiger partial charge in [0.2, 0.25) is 5.91 Å². The van der Waals surface area contributed by atoms with Crippen LogP contribution in [0.2, 0.25) is 0 Å². The number of hydrogen-bond donors (Lipinski definition) is 2. The van der Waals surface area contributed by atoms with Crippen molar-refractivity contribution in [1.82, 2.24) is 14.8 Å². The lowest BCUT2D eigenvalue weighted by atomic mass is 10.1. The van der Waals surface area contributed by atoms with Crippen LogP contribution in [0.1, 0.15) is 11.3 Å². The Balaban J connectivity index is 1.71. The molecule has 7 heteroatoms. The van der Waals surface area contributed by atoms with Gasteiger partial charge in [-0.3, -0.25) is 9.48 Å². The number of carbonyl (C=O) groups is 1. The minimum atomic E-state index is -0.669. The fourth-order valence-corrected chi connectivity index (χ4v) is 2.76. The maximum atomic E-state index is 12.4. The first-order valence-electron chi connectivity index (χ1n) is 7.96. The van der Waals surface area contributed by atoms with Gasteiger partial charge < -0.3 is 15.8 Å². The molecule has 0 radical (unpaired) electrons. The Morgan fingerprint density at radius 1 is 1.40 bits per heavy atom. The maximum Gasteiger partial charge on any atom is 0.241 e. The molecule has 2 heterocycles. The monoisotopic (exact) mass is 339 g/mol. The van der Waals surface area contributed by atoms with Crippen molar-refractivity contribution in [2.75, 3.05) is 12.4 Å². The molecule has 0 aliphatic heterocycles. The molecule has 2 aromatic heterocycles. The highest BCUT2D eigenvalue weighted by Crippen LogP contribution is 2.19. The van der Waals surface area contributed by atoms with Crippen molar-refractivity contribution in [3.8, 4) is 5.75 Å². The first-order valence-corrected chi connectivity index (χ1v) is 7.96. The lowest BCUT2D eigenvalue weighted by Crippen LogP contribution is -2.37. The number of aromatic nitrogens is 3. The van der Waals surface area contributed by atoms with Crippen molar-refractivity contribution in [3.05, 3.63) is 47.8 Å². The molecule has 0 saturated carbocycles. The summed E-state index contributed by atoms with van der Waals surface area (Å²) in [5.74, 6) is 0.484. The highest BCUT2D eigenvalue weighted by atomic mass is 16.5. The molecule has 3 aromatic rings. The van der Waals surface area contributed by atoms with Gasteiger partial charge in [0, 0.05) is 12.4 Å². The second-order valence-corrected chi connectivity index (χ2v) is 5.96. The number of benzene rings is 1. The van der Waals surface area contributed by atoms with Crippen molar-refractivity contribution < 1.29 is 9.53 Å². The van der Waals surface area contributed by atoms with Gasteiger partial charge in [-0.2, -0.15) is 5.10 Å². The smallest absolute Gasteiger partial charge is 0.241 e. The van der Waals surface area contributed by atoms with E-state index >= 15 is 0 Å². The molecule has 0 fully saturated rings.